The number of methoxy groups -OCH3 is 1. The van der Waals surface area contributed by atoms with E-state index in [2.05, 4.69) is 25.9 Å². The predicted molar refractivity (Wildman–Crippen MR) is 130 cm³/mol. The Morgan fingerprint density at radius 1 is 1.16 bits per heavy atom. The molecule has 0 saturated carbocycles. The molecule has 0 bridgehead atoms. The molecule has 0 unspecified atom stereocenters. The summed E-state index contributed by atoms with van der Waals surface area (Å²) < 4.78 is 18.0. The molecule has 164 valence electrons. The van der Waals surface area contributed by atoms with Crippen molar-refractivity contribution in [1.29, 1.82) is 0 Å². The lowest BCUT2D eigenvalue weighted by Gasteiger charge is -2.16. The third kappa shape index (κ3) is 5.58. The molecule has 32 heavy (non-hydrogen) atoms. The van der Waals surface area contributed by atoms with Gasteiger partial charge in [-0.1, -0.05) is 23.7 Å². The summed E-state index contributed by atoms with van der Waals surface area (Å²) in [6, 6.07) is 12.2. The van der Waals surface area contributed by atoms with Gasteiger partial charge in [0.15, 0.2) is 5.82 Å². The number of hydrogen-bond donors (Lipinski definition) is 3. The average molecular weight is 470 g/mol. The highest BCUT2D eigenvalue weighted by Crippen LogP contribution is 2.38. The highest BCUT2D eigenvalue weighted by Gasteiger charge is 2.17. The van der Waals surface area contributed by atoms with E-state index in [4.69, 9.17) is 22.8 Å². The maximum Gasteiger partial charge on any atom is 0.300 e. The van der Waals surface area contributed by atoms with Crippen LogP contribution in [0.5, 0.6) is 5.75 Å². The Labute approximate surface area is 191 Å². The van der Waals surface area contributed by atoms with Crippen molar-refractivity contribution in [2.45, 2.75) is 0 Å². The molecule has 0 spiro atoms. The molecule has 0 aliphatic carbocycles. The Morgan fingerprint density at radius 2 is 1.91 bits per heavy atom. The van der Waals surface area contributed by atoms with Crippen molar-refractivity contribution in [3.8, 4) is 18.1 Å². The van der Waals surface area contributed by atoms with Crippen molar-refractivity contribution in [1.82, 2.24) is 9.97 Å². The number of nitrogens with one attached hydrogen (secondary N) is 3. The van der Waals surface area contributed by atoms with Crippen LogP contribution in [-0.2, 0) is 9.36 Å². The first-order valence-electron chi connectivity index (χ1n) is 9.38. The molecule has 0 fully saturated rings. The fraction of sp³-hybridized carbons (Fsp3) is 0.136. The number of amides is 1. The molecule has 0 aliphatic rings. The molecule has 2 aromatic carbocycles. The van der Waals surface area contributed by atoms with Crippen LogP contribution in [0.3, 0.4) is 0 Å². The number of para-hydroxylation sites is 1. The SMILES string of the molecule is C#CC(=O)Nc1ccc(OC)c(Nc2ncc(Cl)c(Nc3ccccc3P(C)(C)=O)n2)c1. The van der Waals surface area contributed by atoms with Gasteiger partial charge in [-0.05, 0) is 49.6 Å². The van der Waals surface area contributed by atoms with Gasteiger partial charge in [0.2, 0.25) is 5.95 Å². The van der Waals surface area contributed by atoms with Crippen LogP contribution in [0.4, 0.5) is 28.8 Å². The maximum atomic E-state index is 12.6. The van der Waals surface area contributed by atoms with Gasteiger partial charge in [0, 0.05) is 11.0 Å². The topological polar surface area (TPSA) is 105 Å². The summed E-state index contributed by atoms with van der Waals surface area (Å²) in [5.41, 5.74) is 1.62. The molecule has 1 amide bonds. The van der Waals surface area contributed by atoms with Crippen LogP contribution in [0.2, 0.25) is 5.02 Å². The number of carbonyl (C=O) groups is 1. The van der Waals surface area contributed by atoms with E-state index in [0.717, 1.165) is 0 Å². The summed E-state index contributed by atoms with van der Waals surface area (Å²) in [6.45, 7) is 3.39. The lowest BCUT2D eigenvalue weighted by Crippen LogP contribution is -2.11. The predicted octanol–water partition coefficient (Wildman–Crippen LogP) is 4.45. The molecule has 0 saturated heterocycles. The first-order valence-corrected chi connectivity index (χ1v) is 12.4. The quantitative estimate of drug-likeness (QED) is 0.347. The molecular weight excluding hydrogens is 449 g/mol. The zero-order valence-electron chi connectivity index (χ0n) is 17.6. The average Bonchev–Trinajstić information content (AvgIpc) is 2.76. The van der Waals surface area contributed by atoms with Crippen molar-refractivity contribution < 1.29 is 14.1 Å². The number of carbonyl (C=O) groups excluding carboxylic acids is 1. The maximum absolute atomic E-state index is 12.6. The van der Waals surface area contributed by atoms with Crippen molar-refractivity contribution in [3.63, 3.8) is 0 Å². The van der Waals surface area contributed by atoms with Gasteiger partial charge in [-0.3, -0.25) is 4.79 Å². The van der Waals surface area contributed by atoms with Gasteiger partial charge in [-0.25, -0.2) is 4.98 Å². The molecule has 3 rings (SSSR count). The van der Waals surface area contributed by atoms with Crippen molar-refractivity contribution >= 4 is 58.8 Å². The molecule has 10 heteroatoms. The van der Waals surface area contributed by atoms with Crippen LogP contribution >= 0.6 is 18.7 Å². The van der Waals surface area contributed by atoms with E-state index in [1.807, 2.05) is 18.1 Å². The Hall–Kier alpha value is -3.53. The van der Waals surface area contributed by atoms with Gasteiger partial charge in [-0.15, -0.1) is 6.42 Å². The molecule has 1 heterocycles. The normalized spacial score (nSPS) is 10.7. The van der Waals surface area contributed by atoms with E-state index >= 15 is 0 Å². The van der Waals surface area contributed by atoms with Crippen molar-refractivity contribution in [2.24, 2.45) is 0 Å². The molecule has 3 aromatic rings. The van der Waals surface area contributed by atoms with Gasteiger partial charge in [-0.2, -0.15) is 4.98 Å². The lowest BCUT2D eigenvalue weighted by molar-refractivity contribution is -0.111. The van der Waals surface area contributed by atoms with E-state index in [9.17, 15) is 9.36 Å². The molecule has 0 atom stereocenters. The zero-order valence-corrected chi connectivity index (χ0v) is 19.3. The molecule has 0 radical (unpaired) electrons. The van der Waals surface area contributed by atoms with E-state index in [1.165, 1.54) is 13.3 Å². The number of rotatable bonds is 7. The van der Waals surface area contributed by atoms with Crippen LogP contribution in [0, 0.1) is 12.3 Å². The van der Waals surface area contributed by atoms with E-state index in [0.29, 0.717) is 33.9 Å². The van der Waals surface area contributed by atoms with Gasteiger partial charge >= 0.3 is 0 Å². The minimum atomic E-state index is -2.53. The minimum Gasteiger partial charge on any atom is -0.495 e. The van der Waals surface area contributed by atoms with E-state index < -0.39 is 13.0 Å². The number of halogens is 1. The summed E-state index contributed by atoms with van der Waals surface area (Å²) in [5, 5.41) is 9.73. The summed E-state index contributed by atoms with van der Waals surface area (Å²) in [4.78, 5) is 20.1. The van der Waals surface area contributed by atoms with Gasteiger partial charge < -0.3 is 25.3 Å². The van der Waals surface area contributed by atoms with E-state index in [-0.39, 0.29) is 11.0 Å². The zero-order chi connectivity index (χ0) is 23.3. The van der Waals surface area contributed by atoms with Crippen LogP contribution < -0.4 is 26.0 Å². The number of anilines is 5. The molecular formula is C22H21ClN5O3P. The minimum absolute atomic E-state index is 0.226. The highest BCUT2D eigenvalue weighted by atomic mass is 35.5. The van der Waals surface area contributed by atoms with Crippen molar-refractivity contribution in [2.75, 3.05) is 36.4 Å². The van der Waals surface area contributed by atoms with Gasteiger partial charge in [0.25, 0.3) is 5.91 Å². The number of nitrogens with zero attached hydrogens (tertiary/aromatic N) is 2. The second kappa shape index (κ2) is 9.73. The smallest absolute Gasteiger partial charge is 0.300 e. The number of hydrogen-bond acceptors (Lipinski definition) is 7. The van der Waals surface area contributed by atoms with Crippen LogP contribution in [0.25, 0.3) is 0 Å². The van der Waals surface area contributed by atoms with Gasteiger partial charge in [0.05, 0.1) is 24.7 Å². The Balaban J connectivity index is 1.92. The number of ether oxygens (including phenoxy) is 1. The van der Waals surface area contributed by atoms with E-state index in [1.54, 1.807) is 43.7 Å². The summed E-state index contributed by atoms with van der Waals surface area (Å²) in [5.74, 6) is 2.48. The molecule has 1 aromatic heterocycles. The first kappa shape index (κ1) is 23.1. The Kier molecular flexibility index (Phi) is 7.04. The number of terminal acetylenes is 1. The summed E-state index contributed by atoms with van der Waals surface area (Å²) >= 11 is 6.30. The standard InChI is InChI=1S/C22H21ClN5O3P/c1-5-20(29)25-14-10-11-18(31-2)17(12-14)27-22-24-13-15(23)21(28-22)26-16-8-6-7-9-19(16)32(3,4)30/h1,6-13H,2-4H3,(H,25,29)(H2,24,26,27,28). The fourth-order valence-corrected chi connectivity index (χ4v) is 4.16. The third-order valence-corrected chi connectivity index (χ3v) is 6.14. The van der Waals surface area contributed by atoms with Crippen LogP contribution in [0.15, 0.2) is 48.7 Å². The van der Waals surface area contributed by atoms with Crippen LogP contribution in [-0.4, -0.2) is 36.3 Å². The molecule has 0 aliphatic heterocycles. The number of aromatic nitrogens is 2. The third-order valence-electron chi connectivity index (χ3n) is 4.32. The number of benzene rings is 2. The van der Waals surface area contributed by atoms with Crippen LogP contribution in [0.1, 0.15) is 0 Å². The summed E-state index contributed by atoms with van der Waals surface area (Å²) in [6.07, 6.45) is 6.55. The Bertz CT molecular complexity index is 1250. The monoisotopic (exact) mass is 469 g/mol. The first-order chi connectivity index (χ1) is 15.2. The fourth-order valence-electron chi connectivity index (χ4n) is 2.86. The second-order valence-corrected chi connectivity index (χ2v) is 10.6. The lowest BCUT2D eigenvalue weighted by atomic mass is 10.2. The highest BCUT2D eigenvalue weighted by molar-refractivity contribution is 7.70. The second-order valence-electron chi connectivity index (χ2n) is 7.02. The van der Waals surface area contributed by atoms with Gasteiger partial charge in [0.1, 0.15) is 17.9 Å². The Morgan fingerprint density at radius 3 is 2.59 bits per heavy atom. The molecule has 3 N–H and O–H groups in total. The molecule has 8 nitrogen and oxygen atoms in total. The summed E-state index contributed by atoms with van der Waals surface area (Å²) in [7, 11) is -1.02. The largest absolute Gasteiger partial charge is 0.495 e. The van der Waals surface area contributed by atoms with Crippen molar-refractivity contribution in [3.05, 3.63) is 53.7 Å².